The van der Waals surface area contributed by atoms with Crippen molar-refractivity contribution in [2.45, 2.75) is 19.3 Å². The zero-order valence-corrected chi connectivity index (χ0v) is 10.3. The Balaban J connectivity index is 0. The van der Waals surface area contributed by atoms with Crippen molar-refractivity contribution in [3.63, 3.8) is 0 Å². The van der Waals surface area contributed by atoms with Gasteiger partial charge in [-0.2, -0.15) is 0 Å². The van der Waals surface area contributed by atoms with Gasteiger partial charge in [0, 0.05) is 30.7 Å². The van der Waals surface area contributed by atoms with Gasteiger partial charge in [0.2, 0.25) is 0 Å². The van der Waals surface area contributed by atoms with Crippen LogP contribution in [0.2, 0.25) is 0 Å². The summed E-state index contributed by atoms with van der Waals surface area (Å²) in [5.41, 5.74) is 0. The molecule has 0 aromatic carbocycles. The second kappa shape index (κ2) is 11.2. The second-order valence-electron chi connectivity index (χ2n) is 1.44. The maximum atomic E-state index is 5.42. The Morgan fingerprint density at radius 1 is 1.12 bits per heavy atom. The Hall–Kier alpha value is 1.39. The predicted octanol–water partition coefficient (Wildman–Crippen LogP) is 2.79. The van der Waals surface area contributed by atoms with Crippen LogP contribution in [0.4, 0.5) is 0 Å². The average molecular weight is 251 g/mol. The molecule has 0 saturated heterocycles. The van der Waals surface area contributed by atoms with Gasteiger partial charge in [0.1, 0.15) is 0 Å². The first-order valence-electron chi connectivity index (χ1n) is 2.53. The number of unbranched alkanes of at least 4 members (excludes halogenated alkanes) is 2. The summed E-state index contributed by atoms with van der Waals surface area (Å²) < 4.78 is 0. The third kappa shape index (κ3) is 10.4. The van der Waals surface area contributed by atoms with E-state index in [4.69, 9.17) is 11.6 Å². The molecule has 0 bridgehead atoms. The minimum atomic E-state index is 0. The van der Waals surface area contributed by atoms with Crippen molar-refractivity contribution in [3.8, 4) is 0 Å². The van der Waals surface area contributed by atoms with Crippen molar-refractivity contribution >= 4 is 27.5 Å². The summed E-state index contributed by atoms with van der Waals surface area (Å²) in [4.78, 5) is 0. The maximum Gasteiger partial charge on any atom is 0.0223 e. The van der Waals surface area contributed by atoms with E-state index < -0.39 is 0 Å². The molecular weight excluding hydrogens is 241 g/mol. The molecule has 0 nitrogen and oxygen atoms in total. The van der Waals surface area contributed by atoms with E-state index in [1.165, 1.54) is 12.8 Å². The van der Waals surface area contributed by atoms with E-state index >= 15 is 0 Å². The fraction of sp³-hybridized carbons (Fsp3) is 1.00. The van der Waals surface area contributed by atoms with Gasteiger partial charge in [-0.05, 0) is 12.8 Å². The van der Waals surface area contributed by atoms with Crippen molar-refractivity contribution in [1.82, 2.24) is 0 Å². The molecule has 0 heterocycles. The first kappa shape index (κ1) is 12.1. The summed E-state index contributed by atoms with van der Waals surface area (Å²) in [6.07, 6.45) is 3.68. The van der Waals surface area contributed by atoms with Crippen LogP contribution in [0.25, 0.3) is 0 Å². The standard InChI is InChI=1S/C5H10BrCl.Zn/c6-4-2-1-3-5-7;/h1-5H2;. The first-order valence-corrected chi connectivity index (χ1v) is 4.19. The van der Waals surface area contributed by atoms with Crippen LogP contribution >= 0.6 is 27.5 Å². The smallest absolute Gasteiger partial charge is 0.0223 e. The molecular formula is C5H10BrClZn. The van der Waals surface area contributed by atoms with Gasteiger partial charge in [-0.1, -0.05) is 22.4 Å². The summed E-state index contributed by atoms with van der Waals surface area (Å²) in [6.45, 7) is 0. The van der Waals surface area contributed by atoms with E-state index in [0.717, 1.165) is 17.6 Å². The number of rotatable bonds is 4. The number of halogens is 2. The van der Waals surface area contributed by atoms with E-state index in [9.17, 15) is 0 Å². The number of alkyl halides is 2. The van der Waals surface area contributed by atoms with E-state index in [1.807, 2.05) is 0 Å². The van der Waals surface area contributed by atoms with Gasteiger partial charge in [0.05, 0.1) is 0 Å². The molecule has 0 unspecified atom stereocenters. The molecule has 0 amide bonds. The Morgan fingerprint density at radius 3 is 2.12 bits per heavy atom. The number of hydrogen-bond acceptors (Lipinski definition) is 0. The summed E-state index contributed by atoms with van der Waals surface area (Å²) in [6, 6.07) is 0. The average Bonchev–Trinajstić information content (AvgIpc) is 1.69. The first-order chi connectivity index (χ1) is 3.41. The predicted molar refractivity (Wildman–Crippen MR) is 38.4 cm³/mol. The molecule has 0 aromatic heterocycles. The van der Waals surface area contributed by atoms with Crippen molar-refractivity contribution in [2.75, 3.05) is 11.2 Å². The van der Waals surface area contributed by atoms with Crippen molar-refractivity contribution in [2.24, 2.45) is 0 Å². The fourth-order valence-electron chi connectivity index (χ4n) is 0.366. The summed E-state index contributed by atoms with van der Waals surface area (Å²) in [7, 11) is 0. The molecule has 0 radical (unpaired) electrons. The zero-order valence-electron chi connectivity index (χ0n) is 5.00. The topological polar surface area (TPSA) is 0 Å². The molecule has 0 atom stereocenters. The number of hydrogen-bond donors (Lipinski definition) is 0. The molecule has 0 spiro atoms. The molecule has 3 heteroatoms. The molecule has 8 heavy (non-hydrogen) atoms. The van der Waals surface area contributed by atoms with Crippen LogP contribution in [0, 0.1) is 0 Å². The van der Waals surface area contributed by atoms with Crippen LogP contribution in [0.3, 0.4) is 0 Å². The van der Waals surface area contributed by atoms with E-state index in [2.05, 4.69) is 15.9 Å². The Kier molecular flexibility index (Phi) is 17.0. The molecule has 0 aliphatic carbocycles. The minimum absolute atomic E-state index is 0. The van der Waals surface area contributed by atoms with Crippen LogP contribution < -0.4 is 0 Å². The third-order valence-electron chi connectivity index (χ3n) is 0.767. The largest absolute Gasteiger partial charge is 0.127 e. The van der Waals surface area contributed by atoms with Crippen molar-refractivity contribution in [3.05, 3.63) is 0 Å². The Bertz CT molecular complexity index is 31.6. The van der Waals surface area contributed by atoms with E-state index in [1.54, 1.807) is 0 Å². The summed E-state index contributed by atoms with van der Waals surface area (Å²) >= 11 is 8.76. The maximum absolute atomic E-state index is 5.42. The van der Waals surface area contributed by atoms with Crippen LogP contribution in [0.5, 0.6) is 0 Å². The minimum Gasteiger partial charge on any atom is -0.127 e. The van der Waals surface area contributed by atoms with Crippen LogP contribution in [0.1, 0.15) is 19.3 Å². The van der Waals surface area contributed by atoms with Gasteiger partial charge in [-0.3, -0.25) is 0 Å². The van der Waals surface area contributed by atoms with Crippen LogP contribution in [0.15, 0.2) is 0 Å². The molecule has 0 aliphatic rings. The van der Waals surface area contributed by atoms with Crippen LogP contribution in [-0.2, 0) is 19.5 Å². The van der Waals surface area contributed by atoms with E-state index in [-0.39, 0.29) is 19.5 Å². The van der Waals surface area contributed by atoms with Gasteiger partial charge < -0.3 is 0 Å². The van der Waals surface area contributed by atoms with E-state index in [0.29, 0.717) is 0 Å². The SMILES string of the molecule is ClCCCCCBr.[Zn]. The van der Waals surface area contributed by atoms with Gasteiger partial charge in [-0.15, -0.1) is 11.6 Å². The molecule has 0 aliphatic heterocycles. The molecule has 46 valence electrons. The Labute approximate surface area is 77.3 Å². The second-order valence-corrected chi connectivity index (χ2v) is 2.61. The third-order valence-corrected chi connectivity index (χ3v) is 1.60. The van der Waals surface area contributed by atoms with Crippen molar-refractivity contribution in [1.29, 1.82) is 0 Å². The van der Waals surface area contributed by atoms with Gasteiger partial charge in [-0.25, -0.2) is 0 Å². The summed E-state index contributed by atoms with van der Waals surface area (Å²) in [5.74, 6) is 0.813. The monoisotopic (exact) mass is 248 g/mol. The van der Waals surface area contributed by atoms with Crippen molar-refractivity contribution < 1.29 is 19.5 Å². The van der Waals surface area contributed by atoms with Crippen LogP contribution in [-0.4, -0.2) is 11.2 Å². The van der Waals surface area contributed by atoms with Gasteiger partial charge >= 0.3 is 0 Å². The normalized spacial score (nSPS) is 8.25. The molecule has 0 N–H and O–H groups in total. The molecule has 0 aromatic rings. The fourth-order valence-corrected chi connectivity index (χ4v) is 0.951. The zero-order chi connectivity index (χ0) is 5.54. The summed E-state index contributed by atoms with van der Waals surface area (Å²) in [5, 5.41) is 1.11. The Morgan fingerprint density at radius 2 is 1.75 bits per heavy atom. The molecule has 0 fully saturated rings. The molecule has 0 rings (SSSR count). The molecule has 0 saturated carbocycles. The quantitative estimate of drug-likeness (QED) is 0.409. The van der Waals surface area contributed by atoms with Gasteiger partial charge in [0.15, 0.2) is 0 Å². The van der Waals surface area contributed by atoms with Gasteiger partial charge in [0.25, 0.3) is 0 Å².